The van der Waals surface area contributed by atoms with Gasteiger partial charge in [0, 0.05) is 38.8 Å². The molecular formula is C17H23N7O2. The van der Waals surface area contributed by atoms with Crippen LogP contribution in [0.3, 0.4) is 0 Å². The summed E-state index contributed by atoms with van der Waals surface area (Å²) in [6.45, 7) is 4.28. The van der Waals surface area contributed by atoms with E-state index in [-0.39, 0.29) is 18.1 Å². The second-order valence-electron chi connectivity index (χ2n) is 7.06. The molecule has 2 aliphatic rings. The van der Waals surface area contributed by atoms with Crippen LogP contribution in [0, 0.1) is 6.92 Å². The minimum Gasteiger partial charge on any atom is -0.392 e. The molecule has 0 radical (unpaired) electrons. The van der Waals surface area contributed by atoms with Gasteiger partial charge >= 0.3 is 0 Å². The van der Waals surface area contributed by atoms with Gasteiger partial charge in [-0.1, -0.05) is 0 Å². The van der Waals surface area contributed by atoms with Gasteiger partial charge in [0.05, 0.1) is 24.0 Å². The summed E-state index contributed by atoms with van der Waals surface area (Å²) < 4.78 is 2.10. The number of aromatic nitrogens is 5. The molecule has 0 aliphatic carbocycles. The third-order valence-corrected chi connectivity index (χ3v) is 5.17. The molecule has 9 heteroatoms. The van der Waals surface area contributed by atoms with Crippen LogP contribution in [-0.2, 0) is 13.0 Å². The Hall–Kier alpha value is -2.39. The van der Waals surface area contributed by atoms with Crippen LogP contribution in [0.15, 0.2) is 12.4 Å². The zero-order valence-electron chi connectivity index (χ0n) is 15.0. The van der Waals surface area contributed by atoms with Gasteiger partial charge in [0.1, 0.15) is 11.5 Å². The number of nitrogens with zero attached hydrogens (tertiary/aromatic N) is 7. The summed E-state index contributed by atoms with van der Waals surface area (Å²) in [4.78, 5) is 25.0. The molecule has 1 fully saturated rings. The topological polar surface area (TPSA) is 100 Å². The highest BCUT2D eigenvalue weighted by molar-refractivity contribution is 5.92. The minimum atomic E-state index is -0.332. The molecule has 1 amide bonds. The normalized spacial score (nSPS) is 23.7. The van der Waals surface area contributed by atoms with Crippen molar-refractivity contribution in [2.75, 3.05) is 26.7 Å². The SMILES string of the molecule is Cc1cnc(C(=O)N2CCc3nnc([C@@H]4C[C@@H](O)CN4C)n3CC2)cn1. The Morgan fingerprint density at radius 2 is 2.04 bits per heavy atom. The molecule has 1 N–H and O–H groups in total. The molecule has 0 bridgehead atoms. The van der Waals surface area contributed by atoms with E-state index in [2.05, 4.69) is 29.6 Å². The molecule has 2 atom stereocenters. The van der Waals surface area contributed by atoms with E-state index in [4.69, 9.17) is 0 Å². The fourth-order valence-electron chi connectivity index (χ4n) is 3.73. The third-order valence-electron chi connectivity index (χ3n) is 5.17. The molecule has 4 rings (SSSR count). The number of aryl methyl sites for hydroxylation is 1. The van der Waals surface area contributed by atoms with Gasteiger partial charge in [0.25, 0.3) is 5.91 Å². The van der Waals surface area contributed by atoms with E-state index in [9.17, 15) is 9.90 Å². The number of β-amino-alcohol motifs (C(OH)–C–C–N with tert-alkyl or cyclic N) is 1. The number of hydrogen-bond acceptors (Lipinski definition) is 7. The Morgan fingerprint density at radius 3 is 2.73 bits per heavy atom. The first-order chi connectivity index (χ1) is 12.5. The van der Waals surface area contributed by atoms with E-state index in [0.29, 0.717) is 44.7 Å². The van der Waals surface area contributed by atoms with Crippen molar-refractivity contribution in [2.24, 2.45) is 0 Å². The molecule has 26 heavy (non-hydrogen) atoms. The summed E-state index contributed by atoms with van der Waals surface area (Å²) in [7, 11) is 1.99. The first-order valence-corrected chi connectivity index (χ1v) is 8.91. The summed E-state index contributed by atoms with van der Waals surface area (Å²) in [6.07, 6.45) is 4.12. The van der Waals surface area contributed by atoms with E-state index in [1.807, 2.05) is 14.0 Å². The monoisotopic (exact) mass is 357 g/mol. The number of amides is 1. The second kappa shape index (κ2) is 6.73. The summed E-state index contributed by atoms with van der Waals surface area (Å²) in [5.41, 5.74) is 1.16. The number of fused-ring (bicyclic) bond motifs is 1. The number of rotatable bonds is 2. The minimum absolute atomic E-state index is 0.0662. The molecule has 0 saturated carbocycles. The fourth-order valence-corrected chi connectivity index (χ4v) is 3.73. The van der Waals surface area contributed by atoms with Gasteiger partial charge in [-0.15, -0.1) is 10.2 Å². The van der Waals surface area contributed by atoms with Crippen molar-refractivity contribution in [2.45, 2.75) is 38.5 Å². The Balaban J connectivity index is 1.51. The Labute approximate surface area is 151 Å². The van der Waals surface area contributed by atoms with Gasteiger partial charge in [-0.05, 0) is 20.4 Å². The predicted octanol–water partition coefficient (Wildman–Crippen LogP) is -0.187. The van der Waals surface area contributed by atoms with Crippen molar-refractivity contribution in [3.63, 3.8) is 0 Å². The van der Waals surface area contributed by atoms with Crippen LogP contribution in [0.25, 0.3) is 0 Å². The first kappa shape index (κ1) is 17.0. The standard InChI is InChI=1S/C17H23N7O2/c1-11-8-19-13(9-18-11)17(26)23-4-3-15-20-21-16(24(15)6-5-23)14-7-12(25)10-22(14)2/h8-9,12,14,25H,3-7,10H2,1-2H3/t12-,14+/m1/s1. The van der Waals surface area contributed by atoms with Crippen LogP contribution in [0.5, 0.6) is 0 Å². The van der Waals surface area contributed by atoms with Gasteiger partial charge < -0.3 is 14.6 Å². The Bertz CT molecular complexity index is 804. The maximum absolute atomic E-state index is 12.7. The number of aliphatic hydroxyl groups is 1. The molecule has 0 spiro atoms. The lowest BCUT2D eigenvalue weighted by molar-refractivity contribution is 0.0752. The summed E-state index contributed by atoms with van der Waals surface area (Å²) >= 11 is 0. The van der Waals surface area contributed by atoms with Crippen LogP contribution < -0.4 is 0 Å². The van der Waals surface area contributed by atoms with Crippen LogP contribution in [0.1, 0.15) is 40.3 Å². The molecule has 138 valence electrons. The number of hydrogen-bond donors (Lipinski definition) is 1. The maximum atomic E-state index is 12.7. The maximum Gasteiger partial charge on any atom is 0.274 e. The molecule has 0 unspecified atom stereocenters. The number of likely N-dealkylation sites (tertiary alicyclic amines) is 1. The summed E-state index contributed by atoms with van der Waals surface area (Å²) in [5, 5.41) is 18.6. The molecule has 0 aromatic carbocycles. The highest BCUT2D eigenvalue weighted by Crippen LogP contribution is 2.30. The number of likely N-dealkylation sites (N-methyl/N-ethyl adjacent to an activating group) is 1. The predicted molar refractivity (Wildman–Crippen MR) is 92.4 cm³/mol. The highest BCUT2D eigenvalue weighted by Gasteiger charge is 2.34. The Kier molecular flexibility index (Phi) is 4.41. The van der Waals surface area contributed by atoms with Crippen molar-refractivity contribution >= 4 is 5.91 Å². The molecule has 2 aliphatic heterocycles. The second-order valence-corrected chi connectivity index (χ2v) is 7.06. The van der Waals surface area contributed by atoms with Gasteiger partial charge in [-0.2, -0.15) is 0 Å². The average Bonchev–Trinajstić information content (AvgIpc) is 3.09. The molecule has 4 heterocycles. The lowest BCUT2D eigenvalue weighted by Gasteiger charge is -2.21. The molecule has 1 saturated heterocycles. The quantitative estimate of drug-likeness (QED) is 0.795. The number of carbonyl (C=O) groups is 1. The fraction of sp³-hybridized carbons (Fsp3) is 0.588. The van der Waals surface area contributed by atoms with E-state index in [1.165, 1.54) is 6.20 Å². The average molecular weight is 357 g/mol. The zero-order chi connectivity index (χ0) is 18.3. The number of aliphatic hydroxyl groups excluding tert-OH is 1. The highest BCUT2D eigenvalue weighted by atomic mass is 16.3. The van der Waals surface area contributed by atoms with Gasteiger partial charge in [0.2, 0.25) is 0 Å². The third kappa shape index (κ3) is 3.08. The molecule has 2 aromatic rings. The van der Waals surface area contributed by atoms with Crippen molar-refractivity contribution < 1.29 is 9.90 Å². The molecular weight excluding hydrogens is 334 g/mol. The van der Waals surface area contributed by atoms with Crippen molar-refractivity contribution in [3.05, 3.63) is 35.4 Å². The lowest BCUT2D eigenvalue weighted by Crippen LogP contribution is -2.34. The van der Waals surface area contributed by atoms with E-state index in [1.54, 1.807) is 11.1 Å². The van der Waals surface area contributed by atoms with Crippen molar-refractivity contribution in [1.82, 2.24) is 34.5 Å². The zero-order valence-corrected chi connectivity index (χ0v) is 15.0. The van der Waals surface area contributed by atoms with Gasteiger partial charge in [0.15, 0.2) is 5.82 Å². The van der Waals surface area contributed by atoms with E-state index in [0.717, 1.165) is 17.3 Å². The summed E-state index contributed by atoms with van der Waals surface area (Å²) in [5.74, 6) is 1.66. The van der Waals surface area contributed by atoms with Crippen LogP contribution in [0.4, 0.5) is 0 Å². The number of carbonyl (C=O) groups excluding carboxylic acids is 1. The van der Waals surface area contributed by atoms with Gasteiger partial charge in [-0.3, -0.25) is 14.7 Å². The smallest absolute Gasteiger partial charge is 0.274 e. The van der Waals surface area contributed by atoms with Crippen molar-refractivity contribution in [1.29, 1.82) is 0 Å². The van der Waals surface area contributed by atoms with E-state index >= 15 is 0 Å². The van der Waals surface area contributed by atoms with E-state index < -0.39 is 0 Å². The van der Waals surface area contributed by atoms with Gasteiger partial charge in [-0.25, -0.2) is 4.98 Å². The first-order valence-electron chi connectivity index (χ1n) is 8.91. The summed E-state index contributed by atoms with van der Waals surface area (Å²) in [6, 6.07) is 0.0662. The lowest BCUT2D eigenvalue weighted by atomic mass is 10.2. The molecule has 2 aromatic heterocycles. The van der Waals surface area contributed by atoms with Crippen LogP contribution in [0.2, 0.25) is 0 Å². The molecule has 9 nitrogen and oxygen atoms in total. The van der Waals surface area contributed by atoms with Crippen molar-refractivity contribution in [3.8, 4) is 0 Å². The van der Waals surface area contributed by atoms with Crippen LogP contribution in [-0.4, -0.2) is 78.3 Å². The van der Waals surface area contributed by atoms with Crippen LogP contribution >= 0.6 is 0 Å². The largest absolute Gasteiger partial charge is 0.392 e. The Morgan fingerprint density at radius 1 is 1.19 bits per heavy atom.